The fraction of sp³-hybridized carbons (Fsp3) is 0.667. The van der Waals surface area contributed by atoms with Gasteiger partial charge in [0.15, 0.2) is 5.76 Å². The monoisotopic (exact) mass is 292 g/mol. The first kappa shape index (κ1) is 14.6. The summed E-state index contributed by atoms with van der Waals surface area (Å²) in [6, 6.07) is 2.63. The van der Waals surface area contributed by atoms with E-state index in [4.69, 9.17) is 10.3 Å². The minimum absolute atomic E-state index is 0.322. The molecule has 6 nitrogen and oxygen atoms in total. The number of hydrogen-bond acceptors (Lipinski definition) is 5. The molecule has 1 aromatic heterocycles. The van der Waals surface area contributed by atoms with Crippen molar-refractivity contribution in [1.82, 2.24) is 15.2 Å². The van der Waals surface area contributed by atoms with Crippen LogP contribution in [0.1, 0.15) is 41.1 Å². The minimum Gasteiger partial charge on any atom is -0.454 e. The molecule has 3 N–H and O–H groups in total. The number of hydrazine groups is 1. The third kappa shape index (κ3) is 3.12. The molecule has 0 aliphatic carbocycles. The van der Waals surface area contributed by atoms with E-state index >= 15 is 0 Å². The van der Waals surface area contributed by atoms with Crippen molar-refractivity contribution in [2.75, 3.05) is 26.2 Å². The molecule has 1 unspecified atom stereocenters. The Morgan fingerprint density at radius 3 is 2.90 bits per heavy atom. The van der Waals surface area contributed by atoms with Gasteiger partial charge in [-0.3, -0.25) is 20.0 Å². The van der Waals surface area contributed by atoms with Crippen LogP contribution in [0.4, 0.5) is 0 Å². The molecule has 3 heterocycles. The Hall–Kier alpha value is -1.37. The molecule has 2 fully saturated rings. The third-order valence-electron chi connectivity index (χ3n) is 4.59. The van der Waals surface area contributed by atoms with E-state index in [0.29, 0.717) is 11.8 Å². The van der Waals surface area contributed by atoms with Gasteiger partial charge >= 0.3 is 5.91 Å². The minimum atomic E-state index is -0.366. The zero-order chi connectivity index (χ0) is 14.8. The summed E-state index contributed by atoms with van der Waals surface area (Å²) in [5.74, 6) is 5.96. The first-order chi connectivity index (χ1) is 10.2. The first-order valence-corrected chi connectivity index (χ1v) is 7.74. The molecule has 6 heteroatoms. The van der Waals surface area contributed by atoms with E-state index < -0.39 is 0 Å². The molecule has 116 valence electrons. The van der Waals surface area contributed by atoms with Gasteiger partial charge in [-0.05, 0) is 45.3 Å². The number of rotatable bonds is 4. The second kappa shape index (κ2) is 6.17. The van der Waals surface area contributed by atoms with Crippen molar-refractivity contribution >= 4 is 5.91 Å². The molecule has 2 saturated heterocycles. The maximum absolute atomic E-state index is 11.6. The molecule has 0 aromatic carbocycles. The van der Waals surface area contributed by atoms with Gasteiger partial charge in [-0.2, -0.15) is 0 Å². The lowest BCUT2D eigenvalue weighted by atomic mass is 10.2. The van der Waals surface area contributed by atoms with E-state index in [1.54, 1.807) is 0 Å². The van der Waals surface area contributed by atoms with Gasteiger partial charge in [0.1, 0.15) is 5.76 Å². The predicted molar refractivity (Wildman–Crippen MR) is 79.6 cm³/mol. The molecular weight excluding hydrogens is 268 g/mol. The molecule has 0 spiro atoms. The lowest BCUT2D eigenvalue weighted by Crippen LogP contribution is -2.35. The Morgan fingerprint density at radius 1 is 1.43 bits per heavy atom. The van der Waals surface area contributed by atoms with Gasteiger partial charge in [-0.15, -0.1) is 0 Å². The molecular formula is C15H24N4O2. The number of nitrogen functional groups attached to an aromatic ring is 1. The fourth-order valence-corrected chi connectivity index (χ4v) is 3.50. The Kier molecular flexibility index (Phi) is 4.28. The number of carbonyl (C=O) groups is 1. The number of hydrogen-bond donors (Lipinski definition) is 2. The SMILES string of the molecule is Cc1cc(CN2CCC(N3CCCC3)C2)oc1C(=O)NN. The summed E-state index contributed by atoms with van der Waals surface area (Å²) in [7, 11) is 0. The van der Waals surface area contributed by atoms with E-state index in [0.717, 1.165) is 31.0 Å². The number of carbonyl (C=O) groups excluding carboxylic acids is 1. The van der Waals surface area contributed by atoms with E-state index in [1.807, 2.05) is 13.0 Å². The zero-order valence-electron chi connectivity index (χ0n) is 12.6. The van der Waals surface area contributed by atoms with Crippen LogP contribution in [0, 0.1) is 6.92 Å². The smallest absolute Gasteiger partial charge is 0.301 e. The molecule has 1 aromatic rings. The Bertz CT molecular complexity index is 508. The van der Waals surface area contributed by atoms with Gasteiger partial charge in [-0.1, -0.05) is 0 Å². The largest absolute Gasteiger partial charge is 0.454 e. The van der Waals surface area contributed by atoms with E-state index in [2.05, 4.69) is 15.2 Å². The van der Waals surface area contributed by atoms with Gasteiger partial charge in [0, 0.05) is 24.7 Å². The van der Waals surface area contributed by atoms with Crippen LogP contribution in [-0.4, -0.2) is 47.9 Å². The van der Waals surface area contributed by atoms with Crippen molar-refractivity contribution < 1.29 is 9.21 Å². The van der Waals surface area contributed by atoms with Crippen molar-refractivity contribution in [3.8, 4) is 0 Å². The zero-order valence-corrected chi connectivity index (χ0v) is 12.6. The second-order valence-electron chi connectivity index (χ2n) is 6.12. The Labute approximate surface area is 125 Å². The number of nitrogens with zero attached hydrogens (tertiary/aromatic N) is 2. The lowest BCUT2D eigenvalue weighted by molar-refractivity contribution is 0.0921. The van der Waals surface area contributed by atoms with Crippen LogP contribution < -0.4 is 11.3 Å². The quantitative estimate of drug-likeness (QED) is 0.489. The van der Waals surface area contributed by atoms with Crippen LogP contribution in [0.3, 0.4) is 0 Å². The van der Waals surface area contributed by atoms with Crippen molar-refractivity contribution in [3.05, 3.63) is 23.2 Å². The van der Waals surface area contributed by atoms with Crippen LogP contribution in [0.2, 0.25) is 0 Å². The highest BCUT2D eigenvalue weighted by Gasteiger charge is 2.29. The molecule has 0 bridgehead atoms. The van der Waals surface area contributed by atoms with E-state index in [9.17, 15) is 4.79 Å². The van der Waals surface area contributed by atoms with E-state index in [-0.39, 0.29) is 5.91 Å². The first-order valence-electron chi connectivity index (χ1n) is 7.74. The van der Waals surface area contributed by atoms with Gasteiger partial charge in [0.05, 0.1) is 6.54 Å². The van der Waals surface area contributed by atoms with Gasteiger partial charge < -0.3 is 4.42 Å². The van der Waals surface area contributed by atoms with Crippen LogP contribution in [-0.2, 0) is 6.54 Å². The normalized spacial score (nSPS) is 23.8. The summed E-state index contributed by atoms with van der Waals surface area (Å²) in [5, 5.41) is 0. The number of likely N-dealkylation sites (tertiary alicyclic amines) is 2. The maximum atomic E-state index is 11.6. The summed E-state index contributed by atoms with van der Waals surface area (Å²) in [6.45, 7) is 7.33. The standard InChI is InChI=1S/C15H24N4O2/c1-11-8-13(21-14(11)15(20)17-16)10-18-7-4-12(9-18)19-5-2-3-6-19/h8,12H,2-7,9-10,16H2,1H3,(H,17,20). The summed E-state index contributed by atoms with van der Waals surface area (Å²) in [5.41, 5.74) is 2.96. The predicted octanol–water partition coefficient (Wildman–Crippen LogP) is 0.862. The number of nitrogens with one attached hydrogen (secondary N) is 1. The number of furan rings is 1. The van der Waals surface area contributed by atoms with Crippen LogP contribution in [0.25, 0.3) is 0 Å². The summed E-state index contributed by atoms with van der Waals surface area (Å²) < 4.78 is 5.64. The Balaban J connectivity index is 1.58. The Morgan fingerprint density at radius 2 is 2.19 bits per heavy atom. The molecule has 3 rings (SSSR count). The topological polar surface area (TPSA) is 74.7 Å². The van der Waals surface area contributed by atoms with Crippen molar-refractivity contribution in [1.29, 1.82) is 0 Å². The van der Waals surface area contributed by atoms with Crippen LogP contribution in [0.15, 0.2) is 10.5 Å². The van der Waals surface area contributed by atoms with Crippen molar-refractivity contribution in [3.63, 3.8) is 0 Å². The molecule has 0 saturated carbocycles. The number of aryl methyl sites for hydroxylation is 1. The van der Waals surface area contributed by atoms with E-state index in [1.165, 1.54) is 32.4 Å². The highest BCUT2D eigenvalue weighted by Crippen LogP contribution is 2.23. The molecule has 2 aliphatic rings. The lowest BCUT2D eigenvalue weighted by Gasteiger charge is -2.23. The van der Waals surface area contributed by atoms with Crippen LogP contribution >= 0.6 is 0 Å². The molecule has 2 aliphatic heterocycles. The molecule has 0 radical (unpaired) electrons. The summed E-state index contributed by atoms with van der Waals surface area (Å²) >= 11 is 0. The van der Waals surface area contributed by atoms with Gasteiger partial charge in [0.25, 0.3) is 0 Å². The van der Waals surface area contributed by atoms with Crippen molar-refractivity contribution in [2.24, 2.45) is 5.84 Å². The number of nitrogens with two attached hydrogens (primary N) is 1. The van der Waals surface area contributed by atoms with Crippen molar-refractivity contribution in [2.45, 2.75) is 38.8 Å². The average Bonchev–Trinajstić information content (AvgIpc) is 3.18. The maximum Gasteiger partial charge on any atom is 0.301 e. The summed E-state index contributed by atoms with van der Waals surface area (Å²) in [6.07, 6.45) is 3.91. The van der Waals surface area contributed by atoms with Crippen LogP contribution in [0.5, 0.6) is 0 Å². The molecule has 21 heavy (non-hydrogen) atoms. The highest BCUT2D eigenvalue weighted by atomic mass is 16.4. The van der Waals surface area contributed by atoms with Gasteiger partial charge in [0.2, 0.25) is 0 Å². The average molecular weight is 292 g/mol. The molecule has 1 amide bonds. The summed E-state index contributed by atoms with van der Waals surface area (Å²) in [4.78, 5) is 16.6. The molecule has 1 atom stereocenters. The number of amides is 1. The van der Waals surface area contributed by atoms with Gasteiger partial charge in [-0.25, -0.2) is 5.84 Å². The fourth-order valence-electron chi connectivity index (χ4n) is 3.50. The highest BCUT2D eigenvalue weighted by molar-refractivity contribution is 5.92. The third-order valence-corrected chi connectivity index (χ3v) is 4.59. The second-order valence-corrected chi connectivity index (χ2v) is 6.12.